The lowest BCUT2D eigenvalue weighted by Gasteiger charge is -2.32. The molecular weight excluding hydrogens is 188 g/mol. The number of aryl methyl sites for hydroxylation is 1. The van der Waals surface area contributed by atoms with Crippen LogP contribution in [0.25, 0.3) is 0 Å². The highest BCUT2D eigenvalue weighted by Crippen LogP contribution is 2.29. The minimum Gasteiger partial charge on any atom is -0.338 e. The molecule has 2 heterocycles. The van der Waals surface area contributed by atoms with Gasteiger partial charge in [-0.05, 0) is 37.3 Å². The summed E-state index contributed by atoms with van der Waals surface area (Å²) in [5, 5.41) is 0. The zero-order valence-corrected chi connectivity index (χ0v) is 9.02. The van der Waals surface area contributed by atoms with E-state index in [0.717, 1.165) is 31.4 Å². The number of amides is 1. The van der Waals surface area contributed by atoms with Gasteiger partial charge in [0.1, 0.15) is 0 Å². The van der Waals surface area contributed by atoms with Crippen LogP contribution in [0.5, 0.6) is 0 Å². The van der Waals surface area contributed by atoms with Gasteiger partial charge in [-0.2, -0.15) is 0 Å². The molecule has 15 heavy (non-hydrogen) atoms. The van der Waals surface area contributed by atoms with E-state index in [1.54, 1.807) is 0 Å². The Bertz CT molecular complexity index is 351. The predicted octanol–water partition coefficient (Wildman–Crippen LogP) is 2.07. The number of aromatic nitrogens is 1. The molecule has 2 rings (SSSR count). The first-order valence-corrected chi connectivity index (χ1v) is 5.44. The fraction of sp³-hybridized carbons (Fsp3) is 0.500. The molecule has 0 radical (unpaired) electrons. The van der Waals surface area contributed by atoms with Crippen molar-refractivity contribution in [3.63, 3.8) is 0 Å². The molecular formula is C12H16N2O. The quantitative estimate of drug-likeness (QED) is 0.691. The van der Waals surface area contributed by atoms with Crippen LogP contribution in [-0.2, 0) is 4.79 Å². The normalized spacial score (nSPS) is 21.4. The molecule has 1 aromatic rings. The summed E-state index contributed by atoms with van der Waals surface area (Å²) in [6.45, 7) is 2.91. The smallest absolute Gasteiger partial charge is 0.210 e. The summed E-state index contributed by atoms with van der Waals surface area (Å²) < 4.78 is 0. The number of piperidine rings is 1. The molecule has 1 amide bonds. The molecule has 1 aromatic heterocycles. The summed E-state index contributed by atoms with van der Waals surface area (Å²) in [6, 6.07) is 2.36. The van der Waals surface area contributed by atoms with Crippen LogP contribution >= 0.6 is 0 Å². The lowest BCUT2D eigenvalue weighted by molar-refractivity contribution is -0.121. The Hall–Kier alpha value is -1.38. The summed E-state index contributed by atoms with van der Waals surface area (Å²) in [5.41, 5.74) is 2.32. The van der Waals surface area contributed by atoms with E-state index < -0.39 is 0 Å². The maximum atomic E-state index is 10.9. The Balaban J connectivity index is 2.23. The highest BCUT2D eigenvalue weighted by atomic mass is 16.1. The monoisotopic (exact) mass is 204 g/mol. The van der Waals surface area contributed by atoms with Gasteiger partial charge in [-0.15, -0.1) is 0 Å². The minimum absolute atomic E-state index is 0.239. The van der Waals surface area contributed by atoms with Crippen molar-refractivity contribution in [2.45, 2.75) is 32.2 Å². The van der Waals surface area contributed by atoms with Crippen molar-refractivity contribution in [3.05, 3.63) is 29.6 Å². The fourth-order valence-corrected chi connectivity index (χ4v) is 2.20. The van der Waals surface area contributed by atoms with Crippen LogP contribution in [0.3, 0.4) is 0 Å². The van der Waals surface area contributed by atoms with Gasteiger partial charge in [0.15, 0.2) is 0 Å². The van der Waals surface area contributed by atoms with E-state index in [4.69, 9.17) is 0 Å². The van der Waals surface area contributed by atoms with Crippen LogP contribution in [0, 0.1) is 6.92 Å². The first kappa shape index (κ1) is 10.1. The number of carbonyl (C=O) groups excluding carboxylic acids is 1. The summed E-state index contributed by atoms with van der Waals surface area (Å²) in [5.74, 6) is 0. The summed E-state index contributed by atoms with van der Waals surface area (Å²) >= 11 is 0. The lowest BCUT2D eigenvalue weighted by atomic mass is 9.96. The van der Waals surface area contributed by atoms with Crippen LogP contribution in [0.2, 0.25) is 0 Å². The molecule has 3 nitrogen and oxygen atoms in total. The Kier molecular flexibility index (Phi) is 2.99. The Morgan fingerprint density at radius 1 is 1.47 bits per heavy atom. The average molecular weight is 204 g/mol. The van der Waals surface area contributed by atoms with Crippen molar-refractivity contribution in [1.82, 2.24) is 9.88 Å². The Morgan fingerprint density at radius 3 is 3.07 bits per heavy atom. The maximum absolute atomic E-state index is 10.9. The number of rotatable bonds is 2. The largest absolute Gasteiger partial charge is 0.338 e. The standard InChI is InChI=1S/C12H16N2O/c1-10-6-11(8-13-7-10)12-4-2-3-5-14(12)9-15/h6-9,12H,2-5H2,1H3/t12-/m0/s1. The third kappa shape index (κ3) is 2.17. The highest BCUT2D eigenvalue weighted by Gasteiger charge is 2.22. The average Bonchev–Trinajstić information content (AvgIpc) is 2.29. The van der Waals surface area contributed by atoms with Crippen molar-refractivity contribution >= 4 is 6.41 Å². The number of nitrogens with zero attached hydrogens (tertiary/aromatic N) is 2. The molecule has 80 valence electrons. The van der Waals surface area contributed by atoms with Crippen LogP contribution in [-0.4, -0.2) is 22.8 Å². The van der Waals surface area contributed by atoms with Gasteiger partial charge in [0.25, 0.3) is 0 Å². The molecule has 1 aliphatic heterocycles. The van der Waals surface area contributed by atoms with E-state index in [1.807, 2.05) is 24.2 Å². The molecule has 0 spiro atoms. The van der Waals surface area contributed by atoms with Crippen LogP contribution < -0.4 is 0 Å². The van der Waals surface area contributed by atoms with E-state index >= 15 is 0 Å². The summed E-state index contributed by atoms with van der Waals surface area (Å²) in [6.07, 6.45) is 8.06. The van der Waals surface area contributed by atoms with Crippen molar-refractivity contribution in [2.24, 2.45) is 0 Å². The molecule has 0 aromatic carbocycles. The van der Waals surface area contributed by atoms with E-state index in [-0.39, 0.29) is 6.04 Å². The molecule has 3 heteroatoms. The zero-order chi connectivity index (χ0) is 10.7. The van der Waals surface area contributed by atoms with Crippen LogP contribution in [0.15, 0.2) is 18.5 Å². The number of hydrogen-bond acceptors (Lipinski definition) is 2. The molecule has 0 aliphatic carbocycles. The third-order valence-corrected chi connectivity index (χ3v) is 2.96. The van der Waals surface area contributed by atoms with E-state index in [1.165, 1.54) is 12.0 Å². The lowest BCUT2D eigenvalue weighted by Crippen LogP contribution is -2.32. The second kappa shape index (κ2) is 4.43. The topological polar surface area (TPSA) is 33.2 Å². The van der Waals surface area contributed by atoms with Crippen molar-refractivity contribution in [3.8, 4) is 0 Å². The van der Waals surface area contributed by atoms with E-state index in [0.29, 0.717) is 0 Å². The van der Waals surface area contributed by atoms with Crippen LogP contribution in [0.1, 0.15) is 36.4 Å². The van der Waals surface area contributed by atoms with Gasteiger partial charge in [0.2, 0.25) is 6.41 Å². The SMILES string of the molecule is Cc1cncc([C@@H]2CCCCN2C=O)c1. The predicted molar refractivity (Wildman–Crippen MR) is 58.3 cm³/mol. The molecule has 0 bridgehead atoms. The number of hydrogen-bond donors (Lipinski definition) is 0. The Labute approximate surface area is 90.1 Å². The van der Waals surface area contributed by atoms with Gasteiger partial charge in [-0.3, -0.25) is 9.78 Å². The number of carbonyl (C=O) groups is 1. The van der Waals surface area contributed by atoms with Gasteiger partial charge >= 0.3 is 0 Å². The maximum Gasteiger partial charge on any atom is 0.210 e. The van der Waals surface area contributed by atoms with Crippen molar-refractivity contribution < 1.29 is 4.79 Å². The molecule has 1 saturated heterocycles. The molecule has 1 fully saturated rings. The zero-order valence-electron chi connectivity index (χ0n) is 9.02. The first-order valence-electron chi connectivity index (χ1n) is 5.44. The number of pyridine rings is 1. The molecule has 1 atom stereocenters. The van der Waals surface area contributed by atoms with Gasteiger partial charge in [0.05, 0.1) is 6.04 Å². The number of likely N-dealkylation sites (tertiary alicyclic amines) is 1. The third-order valence-electron chi connectivity index (χ3n) is 2.96. The van der Waals surface area contributed by atoms with Crippen LogP contribution in [0.4, 0.5) is 0 Å². The summed E-state index contributed by atoms with van der Waals surface area (Å²) in [4.78, 5) is 17.0. The van der Waals surface area contributed by atoms with Gasteiger partial charge in [-0.25, -0.2) is 0 Å². The van der Waals surface area contributed by atoms with Gasteiger partial charge in [0, 0.05) is 18.9 Å². The van der Waals surface area contributed by atoms with Gasteiger partial charge < -0.3 is 4.90 Å². The van der Waals surface area contributed by atoms with Crippen molar-refractivity contribution in [2.75, 3.05) is 6.54 Å². The summed E-state index contributed by atoms with van der Waals surface area (Å²) in [7, 11) is 0. The van der Waals surface area contributed by atoms with Gasteiger partial charge in [-0.1, -0.05) is 6.07 Å². The second-order valence-corrected chi connectivity index (χ2v) is 4.15. The highest BCUT2D eigenvalue weighted by molar-refractivity contribution is 5.49. The Morgan fingerprint density at radius 2 is 2.33 bits per heavy atom. The molecule has 0 saturated carbocycles. The van der Waals surface area contributed by atoms with E-state index in [2.05, 4.69) is 11.1 Å². The molecule has 0 unspecified atom stereocenters. The molecule has 0 N–H and O–H groups in total. The van der Waals surface area contributed by atoms with Crippen molar-refractivity contribution in [1.29, 1.82) is 0 Å². The molecule has 1 aliphatic rings. The second-order valence-electron chi connectivity index (χ2n) is 4.15. The minimum atomic E-state index is 0.239. The fourth-order valence-electron chi connectivity index (χ4n) is 2.20. The van der Waals surface area contributed by atoms with E-state index in [9.17, 15) is 4.79 Å². The first-order chi connectivity index (χ1) is 7.31.